The maximum Gasteiger partial charge on any atom is 0.230 e. The number of aromatic nitrogens is 1. The lowest BCUT2D eigenvalue weighted by Gasteiger charge is -2.24. The Bertz CT molecular complexity index is 550. The Morgan fingerprint density at radius 3 is 3.16 bits per heavy atom. The normalized spacial score (nSPS) is 19.3. The van der Waals surface area contributed by atoms with E-state index < -0.39 is 0 Å². The highest BCUT2D eigenvalue weighted by molar-refractivity contribution is 7.09. The molecule has 2 heterocycles. The molecule has 3 rings (SSSR count). The van der Waals surface area contributed by atoms with Crippen molar-refractivity contribution in [2.75, 3.05) is 19.7 Å². The largest absolute Gasteiger partial charge is 0.438 e. The standard InChI is InChI=1S/C14H16N2O2S/c1-10-16-14(9-19-10)18-12-4-2-3-11(7-12)13-8-15-5-6-17-13/h2-4,7,9,13,15H,5-6,8H2,1H3/t13-/m0/s1. The molecule has 1 aliphatic heterocycles. The zero-order chi connectivity index (χ0) is 13.1. The molecule has 4 nitrogen and oxygen atoms in total. The van der Waals surface area contributed by atoms with E-state index in [1.54, 1.807) is 11.3 Å². The maximum absolute atomic E-state index is 5.75. The van der Waals surface area contributed by atoms with Gasteiger partial charge in [-0.15, -0.1) is 11.3 Å². The summed E-state index contributed by atoms with van der Waals surface area (Å²) in [5.41, 5.74) is 1.14. The topological polar surface area (TPSA) is 43.4 Å². The fraction of sp³-hybridized carbons (Fsp3) is 0.357. The molecule has 5 heteroatoms. The summed E-state index contributed by atoms with van der Waals surface area (Å²) in [6.45, 7) is 4.49. The van der Waals surface area contributed by atoms with Crippen LogP contribution in [0.4, 0.5) is 0 Å². The molecular formula is C14H16N2O2S. The molecule has 1 fully saturated rings. The van der Waals surface area contributed by atoms with Crippen molar-refractivity contribution in [3.63, 3.8) is 0 Å². The minimum Gasteiger partial charge on any atom is -0.438 e. The van der Waals surface area contributed by atoms with E-state index in [-0.39, 0.29) is 6.10 Å². The van der Waals surface area contributed by atoms with Gasteiger partial charge in [-0.3, -0.25) is 0 Å². The highest BCUT2D eigenvalue weighted by Crippen LogP contribution is 2.27. The first-order chi connectivity index (χ1) is 9.31. The number of hydrogen-bond acceptors (Lipinski definition) is 5. The Hall–Kier alpha value is -1.43. The van der Waals surface area contributed by atoms with E-state index in [9.17, 15) is 0 Å². The summed E-state index contributed by atoms with van der Waals surface area (Å²) in [6, 6.07) is 8.01. The average molecular weight is 276 g/mol. The summed E-state index contributed by atoms with van der Waals surface area (Å²) >= 11 is 1.59. The SMILES string of the molecule is Cc1nc(Oc2cccc([C@@H]3CNCCO3)c2)cs1. The van der Waals surface area contributed by atoms with Gasteiger partial charge < -0.3 is 14.8 Å². The summed E-state index contributed by atoms with van der Waals surface area (Å²) in [5.74, 6) is 1.46. The molecule has 1 atom stereocenters. The lowest BCUT2D eigenvalue weighted by molar-refractivity contribution is 0.0276. The summed E-state index contributed by atoms with van der Waals surface area (Å²) in [7, 11) is 0. The van der Waals surface area contributed by atoms with Crippen molar-refractivity contribution in [2.45, 2.75) is 13.0 Å². The van der Waals surface area contributed by atoms with Crippen LogP contribution < -0.4 is 10.1 Å². The van der Waals surface area contributed by atoms with E-state index >= 15 is 0 Å². The van der Waals surface area contributed by atoms with Gasteiger partial charge in [-0.1, -0.05) is 12.1 Å². The molecule has 1 saturated heterocycles. The summed E-state index contributed by atoms with van der Waals surface area (Å²) < 4.78 is 11.5. The molecule has 0 spiro atoms. The Kier molecular flexibility index (Phi) is 3.77. The molecule has 1 N–H and O–H groups in total. The number of hydrogen-bond donors (Lipinski definition) is 1. The van der Waals surface area contributed by atoms with Crippen molar-refractivity contribution in [2.24, 2.45) is 0 Å². The molecule has 1 aromatic heterocycles. The van der Waals surface area contributed by atoms with Gasteiger partial charge in [0.1, 0.15) is 5.75 Å². The summed E-state index contributed by atoms with van der Waals surface area (Å²) in [5, 5.41) is 6.25. The molecule has 0 bridgehead atoms. The molecule has 0 aliphatic carbocycles. The van der Waals surface area contributed by atoms with Gasteiger partial charge in [0.25, 0.3) is 0 Å². The molecule has 0 radical (unpaired) electrons. The number of nitrogens with zero attached hydrogens (tertiary/aromatic N) is 1. The number of thiazole rings is 1. The monoisotopic (exact) mass is 276 g/mol. The number of ether oxygens (including phenoxy) is 2. The van der Waals surface area contributed by atoms with Crippen molar-refractivity contribution in [1.82, 2.24) is 10.3 Å². The Morgan fingerprint density at radius 2 is 2.42 bits per heavy atom. The lowest BCUT2D eigenvalue weighted by atomic mass is 10.1. The van der Waals surface area contributed by atoms with Crippen molar-refractivity contribution in [1.29, 1.82) is 0 Å². The summed E-state index contributed by atoms with van der Waals surface area (Å²) in [6.07, 6.45) is 0.106. The van der Waals surface area contributed by atoms with Gasteiger partial charge in [-0.25, -0.2) is 4.98 Å². The second-order valence-electron chi connectivity index (χ2n) is 4.44. The minimum atomic E-state index is 0.106. The van der Waals surface area contributed by atoms with Gasteiger partial charge >= 0.3 is 0 Å². The van der Waals surface area contributed by atoms with Crippen LogP contribution in [0.1, 0.15) is 16.7 Å². The van der Waals surface area contributed by atoms with Crippen LogP contribution in [0.2, 0.25) is 0 Å². The van der Waals surface area contributed by atoms with Crippen LogP contribution in [-0.4, -0.2) is 24.7 Å². The minimum absolute atomic E-state index is 0.106. The van der Waals surface area contributed by atoms with E-state index in [0.29, 0.717) is 5.88 Å². The smallest absolute Gasteiger partial charge is 0.230 e. The molecule has 100 valence electrons. The molecule has 19 heavy (non-hydrogen) atoms. The Labute approximate surface area is 116 Å². The van der Waals surface area contributed by atoms with Crippen molar-refractivity contribution < 1.29 is 9.47 Å². The lowest BCUT2D eigenvalue weighted by Crippen LogP contribution is -2.33. The molecule has 2 aromatic rings. The molecular weight excluding hydrogens is 260 g/mol. The number of morpholine rings is 1. The van der Waals surface area contributed by atoms with E-state index in [4.69, 9.17) is 9.47 Å². The first-order valence-corrected chi connectivity index (χ1v) is 7.21. The van der Waals surface area contributed by atoms with E-state index in [2.05, 4.69) is 16.4 Å². The number of nitrogens with one attached hydrogen (secondary N) is 1. The van der Waals surface area contributed by atoms with Gasteiger partial charge in [0.15, 0.2) is 0 Å². The van der Waals surface area contributed by atoms with Crippen LogP contribution in [0.3, 0.4) is 0 Å². The van der Waals surface area contributed by atoms with Crippen LogP contribution in [0.5, 0.6) is 11.6 Å². The predicted molar refractivity (Wildman–Crippen MR) is 74.9 cm³/mol. The molecule has 0 unspecified atom stereocenters. The second-order valence-corrected chi connectivity index (χ2v) is 5.51. The van der Waals surface area contributed by atoms with Crippen LogP contribution >= 0.6 is 11.3 Å². The third-order valence-electron chi connectivity index (χ3n) is 2.98. The van der Waals surface area contributed by atoms with Crippen LogP contribution in [0, 0.1) is 6.92 Å². The quantitative estimate of drug-likeness (QED) is 0.936. The number of aryl methyl sites for hydroxylation is 1. The third-order valence-corrected chi connectivity index (χ3v) is 3.73. The number of benzene rings is 1. The average Bonchev–Trinajstić information content (AvgIpc) is 2.85. The summed E-state index contributed by atoms with van der Waals surface area (Å²) in [4.78, 5) is 4.30. The highest BCUT2D eigenvalue weighted by Gasteiger charge is 2.16. The van der Waals surface area contributed by atoms with Gasteiger partial charge in [-0.05, 0) is 24.6 Å². The third kappa shape index (κ3) is 3.12. The molecule has 1 aliphatic rings. The highest BCUT2D eigenvalue weighted by atomic mass is 32.1. The van der Waals surface area contributed by atoms with Gasteiger partial charge in [0, 0.05) is 13.1 Å². The van der Waals surface area contributed by atoms with Gasteiger partial charge in [-0.2, -0.15) is 0 Å². The van der Waals surface area contributed by atoms with Crippen LogP contribution in [-0.2, 0) is 4.74 Å². The van der Waals surface area contributed by atoms with Gasteiger partial charge in [0.05, 0.1) is 23.1 Å². The molecule has 0 amide bonds. The van der Waals surface area contributed by atoms with Crippen LogP contribution in [0.25, 0.3) is 0 Å². The van der Waals surface area contributed by atoms with E-state index in [1.165, 1.54) is 0 Å². The first-order valence-electron chi connectivity index (χ1n) is 6.33. The fourth-order valence-corrected chi connectivity index (χ4v) is 2.58. The second kappa shape index (κ2) is 5.69. The maximum atomic E-state index is 5.75. The predicted octanol–water partition coefficient (Wildman–Crippen LogP) is 2.90. The fourth-order valence-electron chi connectivity index (χ4n) is 2.07. The zero-order valence-electron chi connectivity index (χ0n) is 10.8. The van der Waals surface area contributed by atoms with Crippen LogP contribution in [0.15, 0.2) is 29.6 Å². The molecule has 1 aromatic carbocycles. The Morgan fingerprint density at radius 1 is 1.47 bits per heavy atom. The van der Waals surface area contributed by atoms with Crippen molar-refractivity contribution >= 4 is 11.3 Å². The number of rotatable bonds is 3. The zero-order valence-corrected chi connectivity index (χ0v) is 11.6. The first kappa shape index (κ1) is 12.6. The van der Waals surface area contributed by atoms with E-state index in [0.717, 1.165) is 36.0 Å². The molecule has 0 saturated carbocycles. The van der Waals surface area contributed by atoms with Gasteiger partial charge in [0.2, 0.25) is 5.88 Å². The Balaban J connectivity index is 1.75. The van der Waals surface area contributed by atoms with E-state index in [1.807, 2.05) is 30.5 Å². The van der Waals surface area contributed by atoms with Crippen molar-refractivity contribution in [3.05, 3.63) is 40.2 Å². The van der Waals surface area contributed by atoms with Crippen molar-refractivity contribution in [3.8, 4) is 11.6 Å².